The summed E-state index contributed by atoms with van der Waals surface area (Å²) in [5.41, 5.74) is 2.40. The molecule has 0 spiro atoms. The Kier molecular flexibility index (Phi) is 7.41. The van der Waals surface area contributed by atoms with Crippen molar-refractivity contribution in [2.24, 2.45) is 5.92 Å². The number of nitrogens with one attached hydrogen (secondary N) is 1. The van der Waals surface area contributed by atoms with Gasteiger partial charge in [-0.3, -0.25) is 0 Å². The zero-order valence-electron chi connectivity index (χ0n) is 14.3. The lowest BCUT2D eigenvalue weighted by molar-refractivity contribution is 0.0711. The molecule has 0 radical (unpaired) electrons. The van der Waals surface area contributed by atoms with Crippen molar-refractivity contribution >= 4 is 40.7 Å². The summed E-state index contributed by atoms with van der Waals surface area (Å²) in [6.45, 7) is 6.72. The molecular formula is C19H25BrCl2N2O. The largest absolute Gasteiger partial charge is 0.460 e. The third-order valence-electron chi connectivity index (χ3n) is 5.31. The molecule has 1 aromatic heterocycles. The standard InChI is InChI=1S/C19H23BrN2O.2ClH/c1-13-10-15(20)2-4-17(13)19-5-3-16(23-19)11-21-18-12-22-8-6-14(18)7-9-22;;/h2-5,10,14,18,21H,6-9,11-12H2,1H3;2*1H. The van der Waals surface area contributed by atoms with Gasteiger partial charge in [0, 0.05) is 22.6 Å². The summed E-state index contributed by atoms with van der Waals surface area (Å²) >= 11 is 3.51. The zero-order chi connectivity index (χ0) is 15.8. The maximum absolute atomic E-state index is 6.07. The van der Waals surface area contributed by atoms with E-state index in [0.717, 1.165) is 28.5 Å². The second kappa shape index (κ2) is 8.92. The van der Waals surface area contributed by atoms with Crippen LogP contribution in [0.3, 0.4) is 0 Å². The lowest BCUT2D eigenvalue weighted by Gasteiger charge is -2.45. The molecule has 4 heterocycles. The van der Waals surface area contributed by atoms with Gasteiger partial charge in [0.25, 0.3) is 0 Å². The number of aryl methyl sites for hydroxylation is 1. The van der Waals surface area contributed by atoms with Crippen LogP contribution >= 0.6 is 40.7 Å². The van der Waals surface area contributed by atoms with Crippen molar-refractivity contribution in [3.8, 4) is 11.3 Å². The number of nitrogens with zero attached hydrogens (tertiary/aromatic N) is 1. The Morgan fingerprint density at radius 2 is 1.92 bits per heavy atom. The molecule has 6 heteroatoms. The van der Waals surface area contributed by atoms with E-state index in [-0.39, 0.29) is 24.8 Å². The summed E-state index contributed by atoms with van der Waals surface area (Å²) in [6.07, 6.45) is 2.69. The monoisotopic (exact) mass is 446 g/mol. The summed E-state index contributed by atoms with van der Waals surface area (Å²) in [5, 5.41) is 3.71. The number of fused-ring (bicyclic) bond motifs is 3. The second-order valence-corrected chi connectivity index (χ2v) is 7.77. The number of rotatable bonds is 4. The molecule has 3 fully saturated rings. The molecule has 1 N–H and O–H groups in total. The van der Waals surface area contributed by atoms with Crippen molar-refractivity contribution < 1.29 is 4.42 Å². The molecule has 1 aromatic carbocycles. The minimum atomic E-state index is 0. The summed E-state index contributed by atoms with van der Waals surface area (Å²) in [5.74, 6) is 2.84. The van der Waals surface area contributed by atoms with Gasteiger partial charge in [0.05, 0.1) is 6.54 Å². The van der Waals surface area contributed by atoms with Gasteiger partial charge in [-0.15, -0.1) is 24.8 Å². The van der Waals surface area contributed by atoms with Crippen molar-refractivity contribution in [2.45, 2.75) is 32.4 Å². The maximum atomic E-state index is 6.07. The van der Waals surface area contributed by atoms with Crippen LogP contribution < -0.4 is 5.32 Å². The third-order valence-corrected chi connectivity index (χ3v) is 5.80. The van der Waals surface area contributed by atoms with Crippen molar-refractivity contribution in [1.82, 2.24) is 10.2 Å². The van der Waals surface area contributed by atoms with Crippen LogP contribution in [-0.4, -0.2) is 30.6 Å². The van der Waals surface area contributed by atoms with Gasteiger partial charge in [-0.05, 0) is 74.7 Å². The van der Waals surface area contributed by atoms with E-state index in [1.807, 2.05) is 0 Å². The van der Waals surface area contributed by atoms with Crippen LogP contribution in [0.15, 0.2) is 39.2 Å². The third kappa shape index (κ3) is 4.61. The Hall–Kier alpha value is -0.520. The first-order valence-corrected chi connectivity index (χ1v) is 9.29. The number of piperidine rings is 3. The molecule has 3 aliphatic heterocycles. The lowest BCUT2D eigenvalue weighted by atomic mass is 9.84. The lowest BCUT2D eigenvalue weighted by Crippen LogP contribution is -2.55. The van der Waals surface area contributed by atoms with Crippen LogP contribution in [0.25, 0.3) is 11.3 Å². The predicted molar refractivity (Wildman–Crippen MR) is 111 cm³/mol. The second-order valence-electron chi connectivity index (χ2n) is 6.85. The van der Waals surface area contributed by atoms with Crippen LogP contribution in [0.5, 0.6) is 0 Å². The Labute approximate surface area is 170 Å². The normalized spacial score (nSPS) is 24.5. The highest BCUT2D eigenvalue weighted by Gasteiger charge is 2.33. The Morgan fingerprint density at radius 3 is 2.56 bits per heavy atom. The zero-order valence-corrected chi connectivity index (χ0v) is 17.6. The fourth-order valence-corrected chi connectivity index (χ4v) is 4.42. The highest BCUT2D eigenvalue weighted by Crippen LogP contribution is 2.29. The van der Waals surface area contributed by atoms with Crippen LogP contribution in [0.4, 0.5) is 0 Å². The molecule has 1 unspecified atom stereocenters. The quantitative estimate of drug-likeness (QED) is 0.711. The van der Waals surface area contributed by atoms with E-state index in [1.165, 1.54) is 43.6 Å². The minimum absolute atomic E-state index is 0. The van der Waals surface area contributed by atoms with E-state index in [9.17, 15) is 0 Å². The van der Waals surface area contributed by atoms with Gasteiger partial charge >= 0.3 is 0 Å². The smallest absolute Gasteiger partial charge is 0.134 e. The first-order chi connectivity index (χ1) is 11.2. The fourth-order valence-electron chi connectivity index (χ4n) is 3.95. The van der Waals surface area contributed by atoms with E-state index in [0.29, 0.717) is 6.04 Å². The Bertz CT molecular complexity index is 698. The minimum Gasteiger partial charge on any atom is -0.460 e. The topological polar surface area (TPSA) is 28.4 Å². The van der Waals surface area contributed by atoms with E-state index in [4.69, 9.17) is 4.42 Å². The van der Waals surface area contributed by atoms with E-state index in [1.54, 1.807) is 0 Å². The van der Waals surface area contributed by atoms with Crippen molar-refractivity contribution in [3.05, 3.63) is 46.1 Å². The number of hydrogen-bond acceptors (Lipinski definition) is 3. The van der Waals surface area contributed by atoms with Gasteiger partial charge < -0.3 is 14.6 Å². The van der Waals surface area contributed by atoms with E-state index in [2.05, 4.69) is 63.4 Å². The number of benzene rings is 1. The summed E-state index contributed by atoms with van der Waals surface area (Å²) in [6, 6.07) is 11.1. The highest BCUT2D eigenvalue weighted by atomic mass is 79.9. The van der Waals surface area contributed by atoms with Crippen molar-refractivity contribution in [3.63, 3.8) is 0 Å². The summed E-state index contributed by atoms with van der Waals surface area (Å²) < 4.78 is 7.18. The first-order valence-electron chi connectivity index (χ1n) is 8.50. The molecule has 2 aromatic rings. The van der Waals surface area contributed by atoms with E-state index < -0.39 is 0 Å². The average molecular weight is 448 g/mol. The van der Waals surface area contributed by atoms with Crippen LogP contribution in [-0.2, 0) is 6.54 Å². The molecule has 3 saturated heterocycles. The van der Waals surface area contributed by atoms with Gasteiger partial charge in [0.2, 0.25) is 0 Å². The van der Waals surface area contributed by atoms with Crippen LogP contribution in [0.1, 0.15) is 24.2 Å². The first kappa shape index (κ1) is 20.8. The molecule has 1 atom stereocenters. The molecule has 2 bridgehead atoms. The Balaban J connectivity index is 0.00000113. The molecule has 25 heavy (non-hydrogen) atoms. The van der Waals surface area contributed by atoms with Gasteiger partial charge in [-0.2, -0.15) is 0 Å². The fraction of sp³-hybridized carbons (Fsp3) is 0.474. The van der Waals surface area contributed by atoms with Gasteiger partial charge in [-0.1, -0.05) is 15.9 Å². The van der Waals surface area contributed by atoms with Gasteiger partial charge in [0.15, 0.2) is 0 Å². The maximum Gasteiger partial charge on any atom is 0.134 e. The van der Waals surface area contributed by atoms with Crippen molar-refractivity contribution in [2.75, 3.05) is 19.6 Å². The highest BCUT2D eigenvalue weighted by molar-refractivity contribution is 9.10. The van der Waals surface area contributed by atoms with Crippen LogP contribution in [0.2, 0.25) is 0 Å². The number of furan rings is 1. The molecule has 0 saturated carbocycles. The van der Waals surface area contributed by atoms with Gasteiger partial charge in [0.1, 0.15) is 11.5 Å². The predicted octanol–water partition coefficient (Wildman–Crippen LogP) is 5.04. The van der Waals surface area contributed by atoms with Crippen LogP contribution in [0, 0.1) is 12.8 Å². The molecule has 3 aliphatic rings. The molecule has 5 rings (SSSR count). The van der Waals surface area contributed by atoms with Gasteiger partial charge in [-0.25, -0.2) is 0 Å². The average Bonchev–Trinajstić information content (AvgIpc) is 3.03. The number of halogens is 3. The SMILES string of the molecule is Cc1cc(Br)ccc1-c1ccc(CNC2CN3CCC2CC3)o1.Cl.Cl. The number of hydrogen-bond donors (Lipinski definition) is 1. The molecular weight excluding hydrogens is 423 g/mol. The summed E-state index contributed by atoms with van der Waals surface area (Å²) in [7, 11) is 0. The molecule has 0 aliphatic carbocycles. The summed E-state index contributed by atoms with van der Waals surface area (Å²) in [4.78, 5) is 2.58. The molecule has 3 nitrogen and oxygen atoms in total. The van der Waals surface area contributed by atoms with E-state index >= 15 is 0 Å². The molecule has 0 amide bonds. The Morgan fingerprint density at radius 1 is 1.16 bits per heavy atom. The molecule has 138 valence electrons. The van der Waals surface area contributed by atoms with Crippen molar-refractivity contribution in [1.29, 1.82) is 0 Å².